The molecular weight excluding hydrogens is 290 g/mol. The van der Waals surface area contributed by atoms with Crippen molar-refractivity contribution in [1.82, 2.24) is 14.7 Å². The van der Waals surface area contributed by atoms with E-state index in [0.717, 1.165) is 11.3 Å². The molecule has 0 fully saturated rings. The van der Waals surface area contributed by atoms with Gasteiger partial charge in [0.1, 0.15) is 5.82 Å². The highest BCUT2D eigenvalue weighted by molar-refractivity contribution is 7.89. The largest absolute Gasteiger partial charge is 0.384 e. The fourth-order valence-corrected chi connectivity index (χ4v) is 2.66. The van der Waals surface area contributed by atoms with E-state index in [-0.39, 0.29) is 18.9 Å². The molecule has 0 saturated carbocycles. The monoisotopic (exact) mass is 309 g/mol. The van der Waals surface area contributed by atoms with Crippen molar-refractivity contribution in [2.75, 3.05) is 19.5 Å². The topological polar surface area (TPSA) is 84.1 Å². The van der Waals surface area contributed by atoms with Crippen LogP contribution >= 0.6 is 0 Å². The van der Waals surface area contributed by atoms with Crippen LogP contribution in [0.1, 0.15) is 11.4 Å². The molecule has 0 aliphatic carbocycles. The number of hydrogen-bond donors (Lipinski definition) is 2. The molecule has 0 unspecified atom stereocenters. The number of benzene rings is 1. The lowest BCUT2D eigenvalue weighted by Crippen LogP contribution is -2.28. The van der Waals surface area contributed by atoms with E-state index in [9.17, 15) is 8.42 Å². The quantitative estimate of drug-likeness (QED) is 0.811. The Bertz CT molecular complexity index is 678. The van der Waals surface area contributed by atoms with Crippen LogP contribution in [0.3, 0.4) is 0 Å². The van der Waals surface area contributed by atoms with E-state index in [1.807, 2.05) is 31.2 Å². The van der Waals surface area contributed by atoms with Crippen LogP contribution in [0.15, 0.2) is 30.5 Å². The van der Waals surface area contributed by atoms with Gasteiger partial charge in [0.15, 0.2) is 0 Å². The third-order valence-corrected chi connectivity index (χ3v) is 4.30. The average Bonchev–Trinajstić information content (AvgIpc) is 2.93. The Morgan fingerprint density at radius 1 is 1.29 bits per heavy atom. The molecule has 1 aromatic heterocycles. The first-order valence-corrected chi connectivity index (χ1v) is 8.22. The summed E-state index contributed by atoms with van der Waals surface area (Å²) in [4.78, 5) is 7.29. The molecule has 0 radical (unpaired) electrons. The lowest BCUT2D eigenvalue weighted by molar-refractivity contribution is 0.217. The predicted octanol–water partition coefficient (Wildman–Crippen LogP) is 1.45. The lowest BCUT2D eigenvalue weighted by Gasteiger charge is -2.04. The van der Waals surface area contributed by atoms with E-state index in [0.29, 0.717) is 5.82 Å². The second-order valence-electron chi connectivity index (χ2n) is 4.74. The van der Waals surface area contributed by atoms with Crippen LogP contribution in [0.5, 0.6) is 0 Å². The first kappa shape index (κ1) is 15.7. The number of ether oxygens (including phenoxy) is 1. The van der Waals surface area contributed by atoms with Gasteiger partial charge in [-0.3, -0.25) is 0 Å². The number of sulfonamides is 1. The number of nitrogens with zero attached hydrogens (tertiary/aromatic N) is 1. The Hall–Kier alpha value is -1.70. The molecule has 0 aliphatic rings. The van der Waals surface area contributed by atoms with Crippen molar-refractivity contribution >= 4 is 10.0 Å². The number of hydrogen-bond acceptors (Lipinski definition) is 4. The van der Waals surface area contributed by atoms with Crippen LogP contribution in [0.4, 0.5) is 0 Å². The minimum atomic E-state index is -3.34. The van der Waals surface area contributed by atoms with Gasteiger partial charge in [0.2, 0.25) is 10.0 Å². The Kier molecular flexibility index (Phi) is 5.11. The summed E-state index contributed by atoms with van der Waals surface area (Å²) in [6, 6.07) is 8.03. The van der Waals surface area contributed by atoms with E-state index >= 15 is 0 Å². The van der Waals surface area contributed by atoms with Gasteiger partial charge >= 0.3 is 0 Å². The summed E-state index contributed by atoms with van der Waals surface area (Å²) in [5.41, 5.74) is 3.06. The van der Waals surface area contributed by atoms with E-state index in [2.05, 4.69) is 14.7 Å². The summed E-state index contributed by atoms with van der Waals surface area (Å²) in [6.45, 7) is 2.33. The molecule has 0 spiro atoms. The normalized spacial score (nSPS) is 11.7. The van der Waals surface area contributed by atoms with Crippen molar-refractivity contribution in [3.8, 4) is 11.3 Å². The summed E-state index contributed by atoms with van der Waals surface area (Å²) < 4.78 is 30.5. The van der Waals surface area contributed by atoms with Gasteiger partial charge in [0, 0.05) is 7.11 Å². The van der Waals surface area contributed by atoms with Crippen molar-refractivity contribution in [1.29, 1.82) is 0 Å². The average molecular weight is 309 g/mol. The van der Waals surface area contributed by atoms with Crippen molar-refractivity contribution in [3.05, 3.63) is 41.9 Å². The van der Waals surface area contributed by atoms with E-state index in [1.165, 1.54) is 12.7 Å². The molecule has 1 aromatic carbocycles. The number of aromatic amines is 1. The number of aromatic nitrogens is 2. The zero-order chi connectivity index (χ0) is 15.3. The first-order chi connectivity index (χ1) is 10.00. The summed E-state index contributed by atoms with van der Waals surface area (Å²) in [5, 5.41) is 0. The molecule has 2 N–H and O–H groups in total. The Morgan fingerprint density at radius 2 is 2.00 bits per heavy atom. The molecule has 2 aromatic rings. The third kappa shape index (κ3) is 4.66. The molecule has 0 amide bonds. The van der Waals surface area contributed by atoms with Crippen LogP contribution in [0.2, 0.25) is 0 Å². The summed E-state index contributed by atoms with van der Waals surface area (Å²) in [6.07, 6.45) is 1.70. The molecule has 6 nitrogen and oxygen atoms in total. The molecular formula is C14H19N3O3S. The van der Waals surface area contributed by atoms with Crippen molar-refractivity contribution in [2.45, 2.75) is 13.5 Å². The minimum Gasteiger partial charge on any atom is -0.384 e. The number of methoxy groups -OCH3 is 1. The smallest absolute Gasteiger partial charge is 0.214 e. The maximum absolute atomic E-state index is 11.6. The molecule has 0 bridgehead atoms. The fourth-order valence-electron chi connectivity index (χ4n) is 1.78. The van der Waals surface area contributed by atoms with Crippen molar-refractivity contribution in [3.63, 3.8) is 0 Å². The molecule has 0 saturated heterocycles. The van der Waals surface area contributed by atoms with Gasteiger partial charge in [-0.05, 0) is 12.5 Å². The third-order valence-electron chi connectivity index (χ3n) is 3.01. The number of imidazole rings is 1. The molecule has 0 aliphatic heterocycles. The summed E-state index contributed by atoms with van der Waals surface area (Å²) >= 11 is 0. The van der Waals surface area contributed by atoms with Gasteiger partial charge in [-0.25, -0.2) is 18.1 Å². The van der Waals surface area contributed by atoms with Crippen molar-refractivity contribution < 1.29 is 13.2 Å². The number of rotatable bonds is 7. The Morgan fingerprint density at radius 3 is 2.67 bits per heavy atom. The van der Waals surface area contributed by atoms with Gasteiger partial charge in [0.05, 0.1) is 30.8 Å². The van der Waals surface area contributed by atoms with Crippen LogP contribution in [0, 0.1) is 6.92 Å². The summed E-state index contributed by atoms with van der Waals surface area (Å²) in [7, 11) is -1.87. The van der Waals surface area contributed by atoms with Gasteiger partial charge in [-0.2, -0.15) is 0 Å². The highest BCUT2D eigenvalue weighted by Crippen LogP contribution is 2.17. The zero-order valence-electron chi connectivity index (χ0n) is 12.1. The SMILES string of the molecule is COCCS(=O)(=O)NCc1ncc(-c2ccc(C)cc2)[nH]1. The molecule has 114 valence electrons. The van der Waals surface area contributed by atoms with Crippen LogP contribution in [-0.4, -0.2) is 37.9 Å². The van der Waals surface area contributed by atoms with Gasteiger partial charge in [-0.15, -0.1) is 0 Å². The highest BCUT2D eigenvalue weighted by Gasteiger charge is 2.11. The molecule has 2 rings (SSSR count). The lowest BCUT2D eigenvalue weighted by atomic mass is 10.1. The maximum atomic E-state index is 11.6. The number of nitrogens with one attached hydrogen (secondary N) is 2. The molecule has 1 heterocycles. The van der Waals surface area contributed by atoms with Gasteiger partial charge in [0.25, 0.3) is 0 Å². The number of H-pyrrole nitrogens is 1. The predicted molar refractivity (Wildman–Crippen MR) is 81.3 cm³/mol. The molecule has 0 atom stereocenters. The minimum absolute atomic E-state index is 0.0605. The van der Waals surface area contributed by atoms with E-state index < -0.39 is 10.0 Å². The first-order valence-electron chi connectivity index (χ1n) is 6.57. The second-order valence-corrected chi connectivity index (χ2v) is 6.67. The van der Waals surface area contributed by atoms with E-state index in [4.69, 9.17) is 4.74 Å². The standard InChI is InChI=1S/C14H19N3O3S/c1-11-3-5-12(6-4-11)13-9-15-14(17-13)10-16-21(18,19)8-7-20-2/h3-6,9,16H,7-8,10H2,1-2H3,(H,15,17). The Balaban J connectivity index is 1.99. The van der Waals surface area contributed by atoms with Crippen LogP contribution in [-0.2, 0) is 21.3 Å². The van der Waals surface area contributed by atoms with Crippen LogP contribution < -0.4 is 4.72 Å². The van der Waals surface area contributed by atoms with Crippen molar-refractivity contribution in [2.24, 2.45) is 0 Å². The van der Waals surface area contributed by atoms with Gasteiger partial charge < -0.3 is 9.72 Å². The van der Waals surface area contributed by atoms with Gasteiger partial charge in [-0.1, -0.05) is 29.8 Å². The highest BCUT2D eigenvalue weighted by atomic mass is 32.2. The van der Waals surface area contributed by atoms with E-state index in [1.54, 1.807) is 6.20 Å². The zero-order valence-corrected chi connectivity index (χ0v) is 12.9. The maximum Gasteiger partial charge on any atom is 0.214 e. The summed E-state index contributed by atoms with van der Waals surface area (Å²) in [5.74, 6) is 0.515. The fraction of sp³-hybridized carbons (Fsp3) is 0.357. The number of aryl methyl sites for hydroxylation is 1. The molecule has 21 heavy (non-hydrogen) atoms. The Labute approximate surface area is 124 Å². The van der Waals surface area contributed by atoms with Crippen LogP contribution in [0.25, 0.3) is 11.3 Å². The molecule has 7 heteroatoms. The second kappa shape index (κ2) is 6.84.